The molecule has 0 aliphatic heterocycles. The van der Waals surface area contributed by atoms with Gasteiger partial charge in [-0.15, -0.1) is 0 Å². The fourth-order valence-corrected chi connectivity index (χ4v) is 0. The van der Waals surface area contributed by atoms with Crippen LogP contribution < -0.4 is 0 Å². The Bertz CT molecular complexity index is 8.00. The summed E-state index contributed by atoms with van der Waals surface area (Å²) < 4.78 is 8.26. The van der Waals surface area contributed by atoms with Gasteiger partial charge in [0.1, 0.15) is 0 Å². The van der Waals surface area contributed by atoms with Gasteiger partial charge in [0.05, 0.1) is 0 Å². The Morgan fingerprint density at radius 1 is 1.25 bits per heavy atom. The van der Waals surface area contributed by atoms with Crippen LogP contribution in [0.4, 0.5) is 0 Å². The van der Waals surface area contributed by atoms with Crippen LogP contribution in [0.3, 0.4) is 0 Å². The third-order valence-corrected chi connectivity index (χ3v) is 0. The summed E-state index contributed by atoms with van der Waals surface area (Å²) in [6.45, 7) is 0. The average molecular weight is 200 g/mol. The Kier molecular flexibility index (Phi) is 79.9. The van der Waals surface area contributed by atoms with E-state index in [0.717, 1.165) is 0 Å². The van der Waals surface area contributed by atoms with Crippen LogP contribution in [0.1, 0.15) is 0 Å². The first-order chi connectivity index (χ1) is 1.00. The zero-order chi connectivity index (χ0) is 2.00. The smallest absolute Gasteiger partial charge is 0 e. The summed E-state index contributed by atoms with van der Waals surface area (Å²) in [6.07, 6.45) is 0. The van der Waals surface area contributed by atoms with E-state index in [4.69, 9.17) is 3.40 Å². The second-order valence-electron chi connectivity index (χ2n) is 0. The molecule has 0 saturated carbocycles. The predicted molar refractivity (Wildman–Crippen MR) is 6.44 cm³/mol. The van der Waals surface area contributed by atoms with Crippen molar-refractivity contribution in [3.8, 4) is 0 Å². The molecule has 0 atom stereocenters. The molecule has 4 heteroatoms. The van der Waals surface area contributed by atoms with Crippen molar-refractivity contribution < 1.29 is 42.7 Å². The van der Waals surface area contributed by atoms with Gasteiger partial charge in [-0.05, 0) is 0 Å². The molecule has 0 unspecified atom stereocenters. The van der Waals surface area contributed by atoms with Crippen molar-refractivity contribution in [2.75, 3.05) is 0 Å². The van der Waals surface area contributed by atoms with Crippen LogP contribution in [-0.4, -0.2) is 29.6 Å². The maximum absolute atomic E-state index is 8.26. The third-order valence-electron chi connectivity index (χ3n) is 0. The van der Waals surface area contributed by atoms with Gasteiger partial charge in [-0.2, -0.15) is 0 Å². The molecule has 0 amide bonds. The van der Waals surface area contributed by atoms with Gasteiger partial charge in [0.25, 0.3) is 0 Å². The molecule has 0 spiro atoms. The van der Waals surface area contributed by atoms with Gasteiger partial charge in [0, 0.05) is 49.0 Å². The Balaban J connectivity index is -0.00000000500. The number of rotatable bonds is 0. The van der Waals surface area contributed by atoms with E-state index in [2.05, 4.69) is 0 Å². The number of hydrogen-bond donors (Lipinski definition) is 0. The summed E-state index contributed by atoms with van der Waals surface area (Å²) in [7, 11) is 0. The van der Waals surface area contributed by atoms with Gasteiger partial charge in [0.15, 0.2) is 0 Å². The SMILES string of the molecule is [Na].[O]=[Mo].[Zn]. The molecule has 0 aromatic rings. The van der Waals surface area contributed by atoms with E-state index in [0.29, 0.717) is 19.8 Å². The van der Waals surface area contributed by atoms with Gasteiger partial charge >= 0.3 is 23.2 Å². The molecule has 15 valence electrons. The largest absolute Gasteiger partial charge is 0 e. The molecule has 0 aliphatic rings. The van der Waals surface area contributed by atoms with Gasteiger partial charge in [-0.1, -0.05) is 0 Å². The Morgan fingerprint density at radius 3 is 1.25 bits per heavy atom. The second-order valence-corrected chi connectivity index (χ2v) is 0. The summed E-state index contributed by atoms with van der Waals surface area (Å²) in [4.78, 5) is 0. The Hall–Kier alpha value is 2.11. The topological polar surface area (TPSA) is 17.1 Å². The molecule has 1 nitrogen and oxygen atoms in total. The quantitative estimate of drug-likeness (QED) is 0.482. The van der Waals surface area contributed by atoms with E-state index >= 15 is 0 Å². The molecular weight excluding hydrogens is 200 g/mol. The Morgan fingerprint density at radius 2 is 1.25 bits per heavy atom. The monoisotopic (exact) mass is 201 g/mol. The van der Waals surface area contributed by atoms with E-state index < -0.39 is 0 Å². The van der Waals surface area contributed by atoms with Crippen LogP contribution in [0.25, 0.3) is 0 Å². The molecule has 0 heterocycles. The van der Waals surface area contributed by atoms with Gasteiger partial charge < -0.3 is 0 Å². The molecule has 0 N–H and O–H groups in total. The zero-order valence-corrected chi connectivity index (χ0v) is 9.50. The van der Waals surface area contributed by atoms with Crippen molar-refractivity contribution >= 4 is 29.6 Å². The first-order valence-electron chi connectivity index (χ1n) is 0.167. The van der Waals surface area contributed by atoms with E-state index in [1.165, 1.54) is 0 Å². The summed E-state index contributed by atoms with van der Waals surface area (Å²) >= 11 is 0.700. The third kappa shape index (κ3) is 8.93. The van der Waals surface area contributed by atoms with E-state index in [1.54, 1.807) is 0 Å². The minimum atomic E-state index is 0. The molecule has 0 bridgehead atoms. The fourth-order valence-electron chi connectivity index (χ4n) is 0. The normalized spacial score (nSPS) is 1.00. The maximum Gasteiger partial charge on any atom is 0 e. The molecule has 0 saturated heterocycles. The summed E-state index contributed by atoms with van der Waals surface area (Å²) in [5, 5.41) is 0. The zero-order valence-electron chi connectivity index (χ0n) is 2.52. The summed E-state index contributed by atoms with van der Waals surface area (Å²) in [5.41, 5.74) is 0. The van der Waals surface area contributed by atoms with Crippen LogP contribution in [0, 0.1) is 0 Å². The standard InChI is InChI=1S/Mo.Na.O.Zn. The number of hydrogen-bond acceptors (Lipinski definition) is 1. The van der Waals surface area contributed by atoms with Crippen molar-refractivity contribution in [3.05, 3.63) is 0 Å². The van der Waals surface area contributed by atoms with Crippen molar-refractivity contribution in [1.82, 2.24) is 0 Å². The molecule has 0 aromatic carbocycles. The Labute approximate surface area is 71.2 Å². The minimum Gasteiger partial charge on any atom is 0 e. The molecule has 0 aliphatic carbocycles. The second kappa shape index (κ2) is 19.4. The van der Waals surface area contributed by atoms with E-state index in [1.807, 2.05) is 0 Å². The van der Waals surface area contributed by atoms with E-state index in [-0.39, 0.29) is 49.0 Å². The first-order valence-corrected chi connectivity index (χ1v) is 0.986. The molecular formula is MoNaOZn. The molecule has 4 heavy (non-hydrogen) atoms. The molecule has 0 rings (SSSR count). The van der Waals surface area contributed by atoms with Crippen LogP contribution in [0.2, 0.25) is 0 Å². The van der Waals surface area contributed by atoms with Gasteiger partial charge in [0.2, 0.25) is 0 Å². The average Bonchev–Trinajstić information content (AvgIpc) is 1.00. The van der Waals surface area contributed by atoms with Crippen molar-refractivity contribution in [2.45, 2.75) is 0 Å². The van der Waals surface area contributed by atoms with Crippen LogP contribution in [-0.2, 0) is 42.7 Å². The van der Waals surface area contributed by atoms with Gasteiger partial charge in [-0.25, -0.2) is 0 Å². The van der Waals surface area contributed by atoms with Crippen LogP contribution >= 0.6 is 0 Å². The van der Waals surface area contributed by atoms with Crippen LogP contribution in [0.5, 0.6) is 0 Å². The minimum absolute atomic E-state index is 0. The molecule has 0 aromatic heterocycles. The first kappa shape index (κ1) is 16.5. The van der Waals surface area contributed by atoms with Crippen molar-refractivity contribution in [2.24, 2.45) is 0 Å². The van der Waals surface area contributed by atoms with E-state index in [9.17, 15) is 0 Å². The molecule has 0 fully saturated rings. The predicted octanol–water partition coefficient (Wildman–Crippen LogP) is -0.505. The van der Waals surface area contributed by atoms with Crippen molar-refractivity contribution in [1.29, 1.82) is 0 Å². The summed E-state index contributed by atoms with van der Waals surface area (Å²) in [5.74, 6) is 0. The van der Waals surface area contributed by atoms with Crippen LogP contribution in [0.15, 0.2) is 0 Å². The fraction of sp³-hybridized carbons (Fsp3) is 0. The molecule has 1 radical (unpaired) electrons. The van der Waals surface area contributed by atoms with Gasteiger partial charge in [-0.3, -0.25) is 0 Å². The van der Waals surface area contributed by atoms with Crippen molar-refractivity contribution in [3.63, 3.8) is 0 Å². The summed E-state index contributed by atoms with van der Waals surface area (Å²) in [6, 6.07) is 0. The maximum atomic E-state index is 8.26.